The van der Waals surface area contributed by atoms with Gasteiger partial charge in [-0.05, 0) is 54.7 Å². The van der Waals surface area contributed by atoms with Gasteiger partial charge in [0.1, 0.15) is 11.5 Å². The Morgan fingerprint density at radius 3 is 2.57 bits per heavy atom. The van der Waals surface area contributed by atoms with Crippen LogP contribution in [0.5, 0.6) is 0 Å². The molecule has 3 rings (SSSR count). The van der Waals surface area contributed by atoms with Gasteiger partial charge in [0, 0.05) is 11.6 Å². The van der Waals surface area contributed by atoms with E-state index in [4.69, 9.17) is 39.8 Å². The molecule has 5 nitrogen and oxygen atoms in total. The number of carbonyl (C=O) groups is 1. The molecule has 0 atom stereocenters. The van der Waals surface area contributed by atoms with Crippen molar-refractivity contribution in [2.75, 3.05) is 5.43 Å². The Morgan fingerprint density at radius 2 is 1.79 bits per heavy atom. The van der Waals surface area contributed by atoms with E-state index in [2.05, 4.69) is 16.2 Å². The summed E-state index contributed by atoms with van der Waals surface area (Å²) >= 11 is 17.3. The Morgan fingerprint density at radius 1 is 1.00 bits per heavy atom. The molecule has 0 spiro atoms. The molecule has 8 heteroatoms. The topological polar surface area (TPSA) is 66.3 Å². The van der Waals surface area contributed by atoms with Gasteiger partial charge in [0.05, 0.1) is 15.7 Å². The lowest BCUT2D eigenvalue weighted by molar-refractivity contribution is -0.115. The van der Waals surface area contributed by atoms with Crippen molar-refractivity contribution in [2.45, 2.75) is 0 Å². The number of carbonyl (C=O) groups excluding carboxylic acids is 1. The van der Waals surface area contributed by atoms with E-state index in [-0.39, 0.29) is 5.11 Å². The molecule has 0 saturated heterocycles. The molecular formula is C20H15Cl2N3O2S. The highest BCUT2D eigenvalue weighted by Crippen LogP contribution is 2.34. The second kappa shape index (κ2) is 9.41. The third kappa shape index (κ3) is 5.36. The molecular weight excluding hydrogens is 417 g/mol. The summed E-state index contributed by atoms with van der Waals surface area (Å²) in [5.41, 5.74) is 7.11. The van der Waals surface area contributed by atoms with Gasteiger partial charge in [0.15, 0.2) is 5.11 Å². The molecule has 1 aromatic heterocycles. The van der Waals surface area contributed by atoms with Crippen LogP contribution in [0.1, 0.15) is 5.76 Å². The first kappa shape index (κ1) is 19.9. The first-order chi connectivity index (χ1) is 13.5. The molecule has 2 aromatic carbocycles. The molecule has 142 valence electrons. The maximum absolute atomic E-state index is 12.0. The van der Waals surface area contributed by atoms with Crippen LogP contribution < -0.4 is 16.2 Å². The van der Waals surface area contributed by atoms with E-state index in [0.717, 1.165) is 5.69 Å². The van der Waals surface area contributed by atoms with Gasteiger partial charge in [-0.15, -0.1) is 0 Å². The summed E-state index contributed by atoms with van der Waals surface area (Å²) < 4.78 is 5.70. The maximum atomic E-state index is 12.0. The van der Waals surface area contributed by atoms with E-state index in [0.29, 0.717) is 27.1 Å². The van der Waals surface area contributed by atoms with E-state index < -0.39 is 5.91 Å². The van der Waals surface area contributed by atoms with Gasteiger partial charge < -0.3 is 4.42 Å². The number of para-hydroxylation sites is 1. The zero-order valence-corrected chi connectivity index (χ0v) is 16.7. The number of amides is 1. The van der Waals surface area contributed by atoms with Crippen molar-refractivity contribution in [1.29, 1.82) is 0 Å². The van der Waals surface area contributed by atoms with Crippen LogP contribution in [0.25, 0.3) is 17.4 Å². The van der Waals surface area contributed by atoms with Crippen molar-refractivity contribution in [1.82, 2.24) is 10.7 Å². The summed E-state index contributed by atoms with van der Waals surface area (Å²) in [4.78, 5) is 12.0. The molecule has 0 aliphatic rings. The van der Waals surface area contributed by atoms with Crippen LogP contribution in [0.15, 0.2) is 71.2 Å². The van der Waals surface area contributed by atoms with Crippen LogP contribution >= 0.6 is 35.4 Å². The smallest absolute Gasteiger partial charge is 0.250 e. The number of thiocarbonyl (C=S) groups is 1. The number of nitrogens with one attached hydrogen (secondary N) is 3. The van der Waals surface area contributed by atoms with Gasteiger partial charge in [-0.1, -0.05) is 47.5 Å². The van der Waals surface area contributed by atoms with E-state index in [9.17, 15) is 4.79 Å². The average molecular weight is 432 g/mol. The average Bonchev–Trinajstić information content (AvgIpc) is 3.16. The predicted octanol–water partition coefficient (Wildman–Crippen LogP) is 5.28. The fraction of sp³-hybridized carbons (Fsp3) is 0. The molecule has 0 radical (unpaired) electrons. The number of hydrogen-bond donors (Lipinski definition) is 3. The SMILES string of the molecule is O=C(C=Cc1ccc(-c2cccc(Cl)c2Cl)o1)NC(=S)NNc1ccccc1. The number of hydrazine groups is 1. The van der Waals surface area contributed by atoms with Crippen LogP contribution in [-0.2, 0) is 4.79 Å². The van der Waals surface area contributed by atoms with E-state index in [1.807, 2.05) is 30.3 Å². The van der Waals surface area contributed by atoms with Crippen molar-refractivity contribution >= 4 is 58.2 Å². The van der Waals surface area contributed by atoms with Gasteiger partial charge in [0.2, 0.25) is 5.91 Å². The molecule has 1 heterocycles. The summed E-state index contributed by atoms with van der Waals surface area (Å²) in [5.74, 6) is 0.644. The highest BCUT2D eigenvalue weighted by atomic mass is 35.5. The fourth-order valence-electron chi connectivity index (χ4n) is 2.27. The Kier molecular flexibility index (Phi) is 6.71. The molecule has 0 unspecified atom stereocenters. The van der Waals surface area contributed by atoms with Crippen molar-refractivity contribution in [2.24, 2.45) is 0 Å². The quantitative estimate of drug-likeness (QED) is 0.291. The molecule has 28 heavy (non-hydrogen) atoms. The van der Waals surface area contributed by atoms with Crippen molar-refractivity contribution in [3.8, 4) is 11.3 Å². The van der Waals surface area contributed by atoms with Gasteiger partial charge in [-0.25, -0.2) is 0 Å². The highest BCUT2D eigenvalue weighted by molar-refractivity contribution is 7.80. The first-order valence-corrected chi connectivity index (χ1v) is 9.33. The number of anilines is 1. The summed E-state index contributed by atoms with van der Waals surface area (Å²) in [6, 6.07) is 18.1. The number of rotatable bonds is 5. The zero-order valence-electron chi connectivity index (χ0n) is 14.4. The Hall–Kier alpha value is -2.80. The minimum Gasteiger partial charge on any atom is -0.457 e. The molecule has 0 bridgehead atoms. The summed E-state index contributed by atoms with van der Waals surface area (Å²) in [5, 5.41) is 3.52. The summed E-state index contributed by atoms with van der Waals surface area (Å²) in [7, 11) is 0. The molecule has 0 aliphatic carbocycles. The fourth-order valence-corrected chi connectivity index (χ4v) is 2.82. The summed E-state index contributed by atoms with van der Waals surface area (Å²) in [6.07, 6.45) is 2.85. The lowest BCUT2D eigenvalue weighted by atomic mass is 10.2. The molecule has 0 fully saturated rings. The van der Waals surface area contributed by atoms with Crippen molar-refractivity contribution in [3.05, 3.63) is 82.5 Å². The Labute approximate surface area is 177 Å². The third-order valence-electron chi connectivity index (χ3n) is 3.57. The van der Waals surface area contributed by atoms with Crippen LogP contribution in [0.2, 0.25) is 10.0 Å². The molecule has 3 aromatic rings. The zero-order chi connectivity index (χ0) is 19.9. The Bertz CT molecular complexity index is 1020. The minimum atomic E-state index is -0.397. The molecule has 3 N–H and O–H groups in total. The second-order valence-corrected chi connectivity index (χ2v) is 6.76. The van der Waals surface area contributed by atoms with Crippen molar-refractivity contribution < 1.29 is 9.21 Å². The molecule has 0 aliphatic heterocycles. The largest absolute Gasteiger partial charge is 0.457 e. The summed E-state index contributed by atoms with van der Waals surface area (Å²) in [6.45, 7) is 0. The van der Waals surface area contributed by atoms with Crippen LogP contribution in [0.4, 0.5) is 5.69 Å². The van der Waals surface area contributed by atoms with E-state index in [1.54, 1.807) is 30.3 Å². The number of benzene rings is 2. The lowest BCUT2D eigenvalue weighted by Gasteiger charge is -2.10. The van der Waals surface area contributed by atoms with Crippen molar-refractivity contribution in [3.63, 3.8) is 0 Å². The normalized spacial score (nSPS) is 10.6. The maximum Gasteiger partial charge on any atom is 0.250 e. The van der Waals surface area contributed by atoms with Gasteiger partial charge in [-0.3, -0.25) is 21.0 Å². The highest BCUT2D eigenvalue weighted by Gasteiger charge is 2.10. The Balaban J connectivity index is 1.55. The van der Waals surface area contributed by atoms with E-state index in [1.165, 1.54) is 12.2 Å². The van der Waals surface area contributed by atoms with Crippen LogP contribution in [-0.4, -0.2) is 11.0 Å². The predicted molar refractivity (Wildman–Crippen MR) is 117 cm³/mol. The number of furan rings is 1. The molecule has 1 amide bonds. The third-order valence-corrected chi connectivity index (χ3v) is 4.60. The lowest BCUT2D eigenvalue weighted by Crippen LogP contribution is -2.41. The van der Waals surface area contributed by atoms with Gasteiger partial charge >= 0.3 is 0 Å². The number of halogens is 2. The minimum absolute atomic E-state index is 0.143. The van der Waals surface area contributed by atoms with Crippen LogP contribution in [0.3, 0.4) is 0 Å². The molecule has 0 saturated carbocycles. The van der Waals surface area contributed by atoms with Gasteiger partial charge in [0.25, 0.3) is 0 Å². The van der Waals surface area contributed by atoms with Crippen LogP contribution in [0, 0.1) is 0 Å². The monoisotopic (exact) mass is 431 g/mol. The van der Waals surface area contributed by atoms with E-state index >= 15 is 0 Å². The standard InChI is InChI=1S/C20H15Cl2N3O2S/c21-16-8-4-7-15(19(16)22)17-11-9-14(27-17)10-12-18(26)23-20(28)25-24-13-5-2-1-3-6-13/h1-12,24H,(H2,23,25,26,28). The van der Waals surface area contributed by atoms with Gasteiger partial charge in [-0.2, -0.15) is 0 Å². The number of hydrogen-bond acceptors (Lipinski definition) is 4. The second-order valence-electron chi connectivity index (χ2n) is 5.57. The first-order valence-electron chi connectivity index (χ1n) is 8.17.